The second-order valence-electron chi connectivity index (χ2n) is 5.18. The molecular formula is C16H13FN4O5S. The molecule has 0 atom stereocenters. The van der Waals surface area contributed by atoms with Crippen LogP contribution in [0.25, 0.3) is 11.4 Å². The molecule has 0 aliphatic heterocycles. The third-order valence-electron chi connectivity index (χ3n) is 3.45. The molecule has 0 bridgehead atoms. The number of nitrogens with zero attached hydrogens (tertiary/aromatic N) is 3. The average molecular weight is 392 g/mol. The van der Waals surface area contributed by atoms with E-state index in [1.54, 1.807) is 18.3 Å². The number of sulfonamides is 1. The van der Waals surface area contributed by atoms with Crippen molar-refractivity contribution in [2.45, 2.75) is 11.5 Å². The van der Waals surface area contributed by atoms with Gasteiger partial charge < -0.3 is 9.26 Å². The molecule has 27 heavy (non-hydrogen) atoms. The fraction of sp³-hybridized carbons (Fsp3) is 0.125. The number of halogens is 1. The summed E-state index contributed by atoms with van der Waals surface area (Å²) in [5.74, 6) is -1.75. The lowest BCUT2D eigenvalue weighted by molar-refractivity contribution is 0.0424. The van der Waals surface area contributed by atoms with E-state index < -0.39 is 34.0 Å². The minimum Gasteiger partial charge on any atom is -0.452 e. The van der Waals surface area contributed by atoms with Crippen LogP contribution in [0.3, 0.4) is 0 Å². The van der Waals surface area contributed by atoms with Crippen molar-refractivity contribution in [3.63, 3.8) is 0 Å². The van der Waals surface area contributed by atoms with Crippen molar-refractivity contribution in [2.75, 3.05) is 7.05 Å². The molecule has 140 valence electrons. The van der Waals surface area contributed by atoms with Crippen LogP contribution in [0.4, 0.5) is 4.39 Å². The topological polar surface area (TPSA) is 124 Å². The molecule has 1 N–H and O–H groups in total. The summed E-state index contributed by atoms with van der Waals surface area (Å²) in [6, 6.07) is 6.21. The maximum absolute atomic E-state index is 13.9. The van der Waals surface area contributed by atoms with Gasteiger partial charge in [0.1, 0.15) is 5.82 Å². The molecule has 0 unspecified atom stereocenters. The summed E-state index contributed by atoms with van der Waals surface area (Å²) in [6.45, 7) is -0.408. The molecule has 2 aromatic heterocycles. The van der Waals surface area contributed by atoms with Crippen molar-refractivity contribution in [1.82, 2.24) is 19.8 Å². The second kappa shape index (κ2) is 7.60. The van der Waals surface area contributed by atoms with Crippen LogP contribution in [0.1, 0.15) is 16.2 Å². The third kappa shape index (κ3) is 4.15. The standard InChI is InChI=1S/C16H13FN4O5S/c1-18-27(23,24)11-4-5-13(17)12(7-11)16(22)25-9-14-20-15(21-26-14)10-3-2-6-19-8-10/h2-8,18H,9H2,1H3. The number of ether oxygens (including phenoxy) is 1. The summed E-state index contributed by atoms with van der Waals surface area (Å²) in [5.41, 5.74) is 0.0770. The number of carbonyl (C=O) groups excluding carboxylic acids is 1. The zero-order valence-electron chi connectivity index (χ0n) is 13.9. The Morgan fingerprint density at radius 1 is 1.33 bits per heavy atom. The number of aromatic nitrogens is 3. The molecule has 3 rings (SSSR count). The summed E-state index contributed by atoms with van der Waals surface area (Å²) in [4.78, 5) is 19.8. The zero-order chi connectivity index (χ0) is 19.4. The van der Waals surface area contributed by atoms with Gasteiger partial charge in [0.2, 0.25) is 15.8 Å². The highest BCUT2D eigenvalue weighted by Gasteiger charge is 2.20. The molecule has 0 spiro atoms. The Bertz CT molecular complexity index is 1070. The number of benzene rings is 1. The van der Waals surface area contributed by atoms with Crippen LogP contribution in [0, 0.1) is 5.82 Å². The lowest BCUT2D eigenvalue weighted by Crippen LogP contribution is -2.19. The Kier molecular flexibility index (Phi) is 5.23. The summed E-state index contributed by atoms with van der Waals surface area (Å²) in [5, 5.41) is 3.73. The lowest BCUT2D eigenvalue weighted by atomic mass is 10.2. The van der Waals surface area contributed by atoms with E-state index >= 15 is 0 Å². The first kappa shape index (κ1) is 18.6. The maximum Gasteiger partial charge on any atom is 0.341 e. The van der Waals surface area contributed by atoms with Gasteiger partial charge in [0.25, 0.3) is 5.89 Å². The number of hydrogen-bond acceptors (Lipinski definition) is 8. The van der Waals surface area contributed by atoms with Crippen LogP contribution in [-0.2, 0) is 21.4 Å². The van der Waals surface area contributed by atoms with Gasteiger partial charge in [-0.15, -0.1) is 0 Å². The zero-order valence-corrected chi connectivity index (χ0v) is 14.7. The normalized spacial score (nSPS) is 11.3. The number of carbonyl (C=O) groups is 1. The van der Waals surface area contributed by atoms with Crippen molar-refractivity contribution in [3.05, 3.63) is 60.0 Å². The number of esters is 1. The van der Waals surface area contributed by atoms with E-state index in [2.05, 4.69) is 19.8 Å². The van der Waals surface area contributed by atoms with E-state index in [0.29, 0.717) is 5.56 Å². The van der Waals surface area contributed by atoms with Gasteiger partial charge in [0.05, 0.1) is 10.5 Å². The van der Waals surface area contributed by atoms with Gasteiger partial charge in [0, 0.05) is 18.0 Å². The van der Waals surface area contributed by atoms with Crippen LogP contribution in [0.15, 0.2) is 52.1 Å². The van der Waals surface area contributed by atoms with Crippen LogP contribution in [0.2, 0.25) is 0 Å². The van der Waals surface area contributed by atoms with Crippen molar-refractivity contribution in [3.8, 4) is 11.4 Å². The molecule has 3 aromatic rings. The van der Waals surface area contributed by atoms with Gasteiger partial charge >= 0.3 is 5.97 Å². The fourth-order valence-corrected chi connectivity index (χ4v) is 2.83. The van der Waals surface area contributed by atoms with Gasteiger partial charge in [-0.05, 0) is 37.4 Å². The molecule has 0 radical (unpaired) electrons. The van der Waals surface area contributed by atoms with E-state index in [9.17, 15) is 17.6 Å². The van der Waals surface area contributed by atoms with E-state index in [1.165, 1.54) is 13.2 Å². The van der Waals surface area contributed by atoms with Crippen LogP contribution < -0.4 is 4.72 Å². The van der Waals surface area contributed by atoms with Gasteiger partial charge in [0.15, 0.2) is 6.61 Å². The summed E-state index contributed by atoms with van der Waals surface area (Å²) < 4.78 is 49.4. The number of rotatable bonds is 6. The van der Waals surface area contributed by atoms with Gasteiger partial charge in [-0.1, -0.05) is 5.16 Å². The average Bonchev–Trinajstić information content (AvgIpc) is 3.16. The third-order valence-corrected chi connectivity index (χ3v) is 4.86. The minimum atomic E-state index is -3.84. The summed E-state index contributed by atoms with van der Waals surface area (Å²) in [6.07, 6.45) is 3.12. The highest BCUT2D eigenvalue weighted by molar-refractivity contribution is 7.89. The molecule has 9 nitrogen and oxygen atoms in total. The van der Waals surface area contributed by atoms with Crippen molar-refractivity contribution in [2.24, 2.45) is 0 Å². The number of hydrogen-bond donors (Lipinski definition) is 1. The quantitative estimate of drug-likeness (QED) is 0.626. The fourth-order valence-electron chi connectivity index (χ4n) is 2.08. The molecule has 0 amide bonds. The Morgan fingerprint density at radius 2 is 2.15 bits per heavy atom. The highest BCUT2D eigenvalue weighted by atomic mass is 32.2. The van der Waals surface area contributed by atoms with Crippen LogP contribution in [-0.4, -0.2) is 36.6 Å². The largest absolute Gasteiger partial charge is 0.452 e. The van der Waals surface area contributed by atoms with Gasteiger partial charge in [-0.25, -0.2) is 22.3 Å². The highest BCUT2D eigenvalue weighted by Crippen LogP contribution is 2.17. The molecule has 11 heteroatoms. The summed E-state index contributed by atoms with van der Waals surface area (Å²) >= 11 is 0. The molecule has 0 aliphatic carbocycles. The maximum atomic E-state index is 13.9. The lowest BCUT2D eigenvalue weighted by Gasteiger charge is -2.06. The van der Waals surface area contributed by atoms with E-state index in [1.807, 2.05) is 0 Å². The summed E-state index contributed by atoms with van der Waals surface area (Å²) in [7, 11) is -2.64. The minimum absolute atomic E-state index is 0.0124. The monoisotopic (exact) mass is 392 g/mol. The Labute approximate surface area is 153 Å². The smallest absolute Gasteiger partial charge is 0.341 e. The van der Waals surface area contributed by atoms with Crippen molar-refractivity contribution < 1.29 is 26.9 Å². The van der Waals surface area contributed by atoms with Crippen molar-refractivity contribution in [1.29, 1.82) is 0 Å². The predicted octanol–water partition coefficient (Wildman–Crippen LogP) is 1.54. The van der Waals surface area contributed by atoms with E-state index in [0.717, 1.165) is 18.2 Å². The second-order valence-corrected chi connectivity index (χ2v) is 7.07. The molecule has 1 aromatic carbocycles. The van der Waals surface area contributed by atoms with Crippen LogP contribution in [0.5, 0.6) is 0 Å². The first-order valence-corrected chi connectivity index (χ1v) is 9.02. The molecule has 0 aliphatic rings. The molecular weight excluding hydrogens is 379 g/mol. The van der Waals surface area contributed by atoms with Crippen molar-refractivity contribution >= 4 is 16.0 Å². The van der Waals surface area contributed by atoms with E-state index in [-0.39, 0.29) is 16.6 Å². The van der Waals surface area contributed by atoms with E-state index in [4.69, 9.17) is 9.26 Å². The SMILES string of the molecule is CNS(=O)(=O)c1ccc(F)c(C(=O)OCc2nc(-c3cccnc3)no2)c1. The van der Waals surface area contributed by atoms with Gasteiger partial charge in [-0.2, -0.15) is 4.98 Å². The molecule has 2 heterocycles. The first-order valence-electron chi connectivity index (χ1n) is 7.54. The Balaban J connectivity index is 1.73. The Hall–Kier alpha value is -3.18. The molecule has 0 saturated heterocycles. The molecule has 0 saturated carbocycles. The Morgan fingerprint density at radius 3 is 2.85 bits per heavy atom. The van der Waals surface area contributed by atoms with Crippen LogP contribution >= 0.6 is 0 Å². The molecule has 0 fully saturated rings. The number of pyridine rings is 1. The predicted molar refractivity (Wildman–Crippen MR) is 89.3 cm³/mol. The first-order chi connectivity index (χ1) is 12.9. The van der Waals surface area contributed by atoms with Gasteiger partial charge in [-0.3, -0.25) is 4.98 Å². The number of nitrogens with one attached hydrogen (secondary N) is 1.